The van der Waals surface area contributed by atoms with Gasteiger partial charge in [0.1, 0.15) is 0 Å². The third-order valence-electron chi connectivity index (χ3n) is 7.43. The molecule has 0 atom stereocenters. The molecule has 2 aromatic heterocycles. The molecule has 0 saturated carbocycles. The largest absolute Gasteiger partial charge is 0.304 e. The van der Waals surface area contributed by atoms with Crippen LogP contribution in [0.2, 0.25) is 0 Å². The van der Waals surface area contributed by atoms with Gasteiger partial charge in [-0.15, -0.1) is 70.8 Å². The quantitative estimate of drug-likeness (QED) is 0.169. The zero-order valence-electron chi connectivity index (χ0n) is 26.1. The van der Waals surface area contributed by atoms with Crippen LogP contribution in [-0.2, 0) is 25.5 Å². The maximum absolute atomic E-state index is 4.71. The SMILES string of the molecule is CC(C)(C)c1ccnc(-c2[c-]ccc(-c3ccccc3)c2)n1.Cc1cc[c-]c(-c2nccc(-c3ccccc3C)c2C)c1.[Ir]. The summed E-state index contributed by atoms with van der Waals surface area (Å²) >= 11 is 0. The number of hydrogen-bond acceptors (Lipinski definition) is 3. The topological polar surface area (TPSA) is 38.7 Å². The second-order valence-electron chi connectivity index (χ2n) is 11.8. The number of hydrogen-bond donors (Lipinski definition) is 0. The summed E-state index contributed by atoms with van der Waals surface area (Å²) < 4.78 is 0. The summed E-state index contributed by atoms with van der Waals surface area (Å²) in [6, 6.07) is 41.7. The summed E-state index contributed by atoms with van der Waals surface area (Å²) in [5.41, 5.74) is 12.6. The minimum absolute atomic E-state index is 0. The van der Waals surface area contributed by atoms with Crippen LogP contribution in [0.5, 0.6) is 0 Å². The number of benzene rings is 4. The van der Waals surface area contributed by atoms with E-state index < -0.39 is 0 Å². The molecule has 0 aliphatic carbocycles. The molecule has 0 bridgehead atoms. The zero-order chi connectivity index (χ0) is 30.4. The first-order valence-corrected chi connectivity index (χ1v) is 14.6. The Morgan fingerprint density at radius 3 is 2.02 bits per heavy atom. The van der Waals surface area contributed by atoms with Crippen LogP contribution in [0.3, 0.4) is 0 Å². The molecule has 0 fully saturated rings. The van der Waals surface area contributed by atoms with Crippen LogP contribution in [0.15, 0.2) is 116 Å². The van der Waals surface area contributed by atoms with E-state index in [1.807, 2.05) is 48.8 Å². The molecule has 0 saturated heterocycles. The fraction of sp³-hybridized carbons (Fsp3) is 0.175. The molecule has 0 unspecified atom stereocenters. The predicted octanol–water partition coefficient (Wildman–Crippen LogP) is 10.0. The normalized spacial score (nSPS) is 10.8. The Balaban J connectivity index is 0.000000197. The van der Waals surface area contributed by atoms with E-state index in [9.17, 15) is 0 Å². The van der Waals surface area contributed by atoms with Gasteiger partial charge in [0.2, 0.25) is 0 Å². The van der Waals surface area contributed by atoms with Crippen molar-refractivity contribution >= 4 is 0 Å². The van der Waals surface area contributed by atoms with E-state index in [2.05, 4.69) is 130 Å². The number of rotatable bonds is 4. The van der Waals surface area contributed by atoms with Crippen LogP contribution in [0, 0.1) is 32.9 Å². The van der Waals surface area contributed by atoms with Gasteiger partial charge in [-0.25, -0.2) is 0 Å². The molecule has 0 amide bonds. The van der Waals surface area contributed by atoms with E-state index >= 15 is 0 Å². The van der Waals surface area contributed by atoms with Gasteiger partial charge in [0.05, 0.1) is 5.82 Å². The molecule has 0 N–H and O–H groups in total. The number of aryl methyl sites for hydroxylation is 2. The predicted molar refractivity (Wildman–Crippen MR) is 179 cm³/mol. The van der Waals surface area contributed by atoms with E-state index in [1.54, 1.807) is 0 Å². The van der Waals surface area contributed by atoms with Gasteiger partial charge in [-0.2, -0.15) is 0 Å². The fourth-order valence-electron chi connectivity index (χ4n) is 5.00. The molecule has 6 rings (SSSR count). The summed E-state index contributed by atoms with van der Waals surface area (Å²) in [7, 11) is 0. The molecule has 2 heterocycles. The average Bonchev–Trinajstić information content (AvgIpc) is 3.02. The monoisotopic (exact) mass is 752 g/mol. The number of nitrogens with zero attached hydrogens (tertiary/aromatic N) is 3. The number of pyridine rings is 1. The summed E-state index contributed by atoms with van der Waals surface area (Å²) in [5.74, 6) is 0.727. The molecule has 0 spiro atoms. The Bertz CT molecular complexity index is 1840. The van der Waals surface area contributed by atoms with E-state index in [-0.39, 0.29) is 25.5 Å². The van der Waals surface area contributed by atoms with Gasteiger partial charge in [-0.05, 0) is 53.9 Å². The van der Waals surface area contributed by atoms with Crippen LogP contribution in [0.25, 0.3) is 44.9 Å². The van der Waals surface area contributed by atoms with Crippen LogP contribution in [0.4, 0.5) is 0 Å². The molecule has 0 aliphatic rings. The van der Waals surface area contributed by atoms with Crippen molar-refractivity contribution in [2.24, 2.45) is 0 Å². The molecule has 1 radical (unpaired) electrons. The Morgan fingerprint density at radius 2 is 1.30 bits per heavy atom. The van der Waals surface area contributed by atoms with Crippen molar-refractivity contribution in [3.05, 3.63) is 150 Å². The van der Waals surface area contributed by atoms with Gasteiger partial charge in [0, 0.05) is 43.6 Å². The van der Waals surface area contributed by atoms with Gasteiger partial charge in [0.25, 0.3) is 0 Å². The van der Waals surface area contributed by atoms with Gasteiger partial charge in [-0.3, -0.25) is 9.97 Å². The standard InChI is InChI=1S/C20H19N2.C20H18N.Ir/c1-20(2,3)18-12-13-21-19(22-18)17-11-7-10-16(14-17)15-8-5-4-6-9-15;1-14-7-6-9-17(13-14)20-16(3)19(11-12-21-20)18-10-5-4-8-15(18)2;/h4-10,12-14H,1-3H3;4-8,10-13H,1-3H3;/q2*-1;. The molecule has 223 valence electrons. The summed E-state index contributed by atoms with van der Waals surface area (Å²) in [6.07, 6.45) is 3.71. The summed E-state index contributed by atoms with van der Waals surface area (Å²) in [4.78, 5) is 13.7. The summed E-state index contributed by atoms with van der Waals surface area (Å²) in [5, 5.41) is 0. The maximum Gasteiger partial charge on any atom is 0.0751 e. The van der Waals surface area contributed by atoms with Gasteiger partial charge >= 0.3 is 0 Å². The molecule has 44 heavy (non-hydrogen) atoms. The summed E-state index contributed by atoms with van der Waals surface area (Å²) in [6.45, 7) is 12.8. The molecule has 3 nitrogen and oxygen atoms in total. The van der Waals surface area contributed by atoms with Crippen molar-refractivity contribution in [1.29, 1.82) is 0 Å². The van der Waals surface area contributed by atoms with Gasteiger partial charge in [-0.1, -0.05) is 87.9 Å². The first kappa shape index (κ1) is 32.7. The van der Waals surface area contributed by atoms with Gasteiger partial charge < -0.3 is 4.98 Å². The fourth-order valence-corrected chi connectivity index (χ4v) is 5.00. The van der Waals surface area contributed by atoms with E-state index in [4.69, 9.17) is 4.98 Å². The Hall–Kier alpha value is -4.24. The van der Waals surface area contributed by atoms with Crippen LogP contribution in [-0.4, -0.2) is 15.0 Å². The minimum Gasteiger partial charge on any atom is -0.304 e. The molecule has 6 aromatic rings. The van der Waals surface area contributed by atoms with Crippen LogP contribution >= 0.6 is 0 Å². The zero-order valence-corrected chi connectivity index (χ0v) is 28.5. The Morgan fingerprint density at radius 1 is 0.614 bits per heavy atom. The molecular weight excluding hydrogens is 715 g/mol. The third kappa shape index (κ3) is 7.82. The molecule has 4 heteroatoms. The van der Waals surface area contributed by atoms with Crippen molar-refractivity contribution in [2.75, 3.05) is 0 Å². The average molecular weight is 752 g/mol. The van der Waals surface area contributed by atoms with Crippen molar-refractivity contribution in [3.8, 4) is 44.9 Å². The van der Waals surface area contributed by atoms with Gasteiger partial charge in [0.15, 0.2) is 0 Å². The number of aromatic nitrogens is 3. The second kappa shape index (κ2) is 14.5. The van der Waals surface area contributed by atoms with Crippen molar-refractivity contribution < 1.29 is 20.1 Å². The third-order valence-corrected chi connectivity index (χ3v) is 7.43. The smallest absolute Gasteiger partial charge is 0.0751 e. The van der Waals surface area contributed by atoms with E-state index in [0.29, 0.717) is 0 Å². The van der Waals surface area contributed by atoms with Crippen molar-refractivity contribution in [3.63, 3.8) is 0 Å². The molecule has 4 aromatic carbocycles. The van der Waals surface area contributed by atoms with E-state index in [0.717, 1.165) is 33.9 Å². The van der Waals surface area contributed by atoms with Crippen molar-refractivity contribution in [2.45, 2.75) is 47.0 Å². The Kier molecular flexibility index (Phi) is 10.8. The molecule has 0 aliphatic heterocycles. The first-order valence-electron chi connectivity index (χ1n) is 14.6. The maximum atomic E-state index is 4.71. The Labute approximate surface area is 275 Å². The first-order chi connectivity index (χ1) is 20.7. The van der Waals surface area contributed by atoms with Crippen LogP contribution in [0.1, 0.15) is 43.2 Å². The van der Waals surface area contributed by atoms with Crippen molar-refractivity contribution in [1.82, 2.24) is 15.0 Å². The molecular formula is C40H37IrN3-2. The second-order valence-corrected chi connectivity index (χ2v) is 11.8. The van der Waals surface area contributed by atoms with E-state index in [1.165, 1.54) is 33.4 Å². The minimum atomic E-state index is 0. The van der Waals surface area contributed by atoms with Crippen LogP contribution < -0.4 is 0 Å².